The Morgan fingerprint density at radius 1 is 1.18 bits per heavy atom. The molecule has 1 aromatic rings. The number of hydrogen-bond donors (Lipinski definition) is 4. The Kier molecular flexibility index (Phi) is 5.33. The number of aliphatic hydroxyl groups excluding tert-OH is 4. The van der Waals surface area contributed by atoms with Crippen molar-refractivity contribution in [3.63, 3.8) is 0 Å². The van der Waals surface area contributed by atoms with Gasteiger partial charge in [0.2, 0.25) is 6.29 Å². The van der Waals surface area contributed by atoms with E-state index in [9.17, 15) is 20.1 Å². The lowest BCUT2D eigenvalue weighted by Crippen LogP contribution is -2.60. The topological polar surface area (TPSA) is 126 Å². The number of rotatable bonds is 5. The third kappa shape index (κ3) is 3.21. The summed E-state index contributed by atoms with van der Waals surface area (Å²) in [5.41, 5.74) is 0.373. The molecule has 1 aromatic carbocycles. The lowest BCUT2D eigenvalue weighted by molar-refractivity contribution is -0.277. The van der Waals surface area contributed by atoms with Gasteiger partial charge < -0.3 is 34.6 Å². The van der Waals surface area contributed by atoms with Crippen LogP contribution >= 0.6 is 0 Å². The number of hydrogen-bond acceptors (Lipinski definition) is 8. The second-order valence-corrected chi connectivity index (χ2v) is 4.84. The van der Waals surface area contributed by atoms with Crippen LogP contribution in [0.1, 0.15) is 10.4 Å². The number of carbonyl (C=O) groups excluding carboxylic acids is 1. The van der Waals surface area contributed by atoms with E-state index in [2.05, 4.69) is 0 Å². The van der Waals surface area contributed by atoms with E-state index in [1.165, 1.54) is 25.3 Å². The molecule has 8 heteroatoms. The molecule has 122 valence electrons. The first-order valence-corrected chi connectivity index (χ1v) is 6.62. The molecule has 0 amide bonds. The van der Waals surface area contributed by atoms with E-state index in [4.69, 9.17) is 19.3 Å². The van der Waals surface area contributed by atoms with Crippen LogP contribution in [-0.2, 0) is 4.74 Å². The van der Waals surface area contributed by atoms with Gasteiger partial charge in [-0.25, -0.2) is 0 Å². The van der Waals surface area contributed by atoms with E-state index < -0.39 is 37.3 Å². The first-order chi connectivity index (χ1) is 10.5. The van der Waals surface area contributed by atoms with Gasteiger partial charge in [-0.2, -0.15) is 0 Å². The van der Waals surface area contributed by atoms with Crippen LogP contribution in [0.15, 0.2) is 18.2 Å². The lowest BCUT2D eigenvalue weighted by atomic mass is 9.99. The summed E-state index contributed by atoms with van der Waals surface area (Å²) >= 11 is 0. The van der Waals surface area contributed by atoms with E-state index in [0.717, 1.165) is 0 Å². The molecule has 1 aliphatic rings. The molecular formula is C14H18O8. The van der Waals surface area contributed by atoms with Gasteiger partial charge in [0, 0.05) is 5.56 Å². The number of aldehydes is 1. The molecule has 22 heavy (non-hydrogen) atoms. The maximum atomic E-state index is 10.7. The summed E-state index contributed by atoms with van der Waals surface area (Å²) in [6.45, 7) is -0.550. The van der Waals surface area contributed by atoms with Gasteiger partial charge in [0.05, 0.1) is 13.7 Å². The molecule has 0 aromatic heterocycles. The van der Waals surface area contributed by atoms with Crippen molar-refractivity contribution in [2.75, 3.05) is 13.7 Å². The summed E-state index contributed by atoms with van der Waals surface area (Å²) in [7, 11) is 1.38. The first-order valence-electron chi connectivity index (χ1n) is 6.62. The van der Waals surface area contributed by atoms with Gasteiger partial charge in [-0.05, 0) is 18.2 Å². The highest BCUT2D eigenvalue weighted by Crippen LogP contribution is 2.31. The molecule has 0 saturated carbocycles. The maximum Gasteiger partial charge on any atom is 0.229 e. The molecule has 0 spiro atoms. The molecule has 1 heterocycles. The number of aliphatic hydroxyl groups is 4. The highest BCUT2D eigenvalue weighted by molar-refractivity contribution is 5.76. The number of benzene rings is 1. The summed E-state index contributed by atoms with van der Waals surface area (Å²) in [6, 6.07) is 4.37. The van der Waals surface area contributed by atoms with E-state index in [-0.39, 0.29) is 11.5 Å². The van der Waals surface area contributed by atoms with Gasteiger partial charge in [0.25, 0.3) is 0 Å². The van der Waals surface area contributed by atoms with Crippen molar-refractivity contribution >= 4 is 6.29 Å². The average molecular weight is 314 g/mol. The second kappa shape index (κ2) is 7.03. The van der Waals surface area contributed by atoms with Crippen molar-refractivity contribution < 1.29 is 39.4 Å². The standard InChI is InChI=1S/C14H18O8/c1-20-9-4-7(5-15)2-3-8(9)21-14-13(19)12(18)11(17)10(6-16)22-14/h2-5,10-14,16-19H,6H2,1H3/t10-,11+,12+,13+,14-/m0/s1. The van der Waals surface area contributed by atoms with Crippen LogP contribution in [0, 0.1) is 0 Å². The summed E-state index contributed by atoms with van der Waals surface area (Å²) in [5, 5.41) is 38.4. The highest BCUT2D eigenvalue weighted by atomic mass is 16.7. The smallest absolute Gasteiger partial charge is 0.229 e. The maximum absolute atomic E-state index is 10.7. The Hall–Kier alpha value is -1.71. The van der Waals surface area contributed by atoms with Gasteiger partial charge >= 0.3 is 0 Å². The average Bonchev–Trinajstić information content (AvgIpc) is 2.55. The minimum absolute atomic E-state index is 0.178. The predicted octanol–water partition coefficient (Wildman–Crippen LogP) is -1.31. The number of ether oxygens (including phenoxy) is 3. The lowest BCUT2D eigenvalue weighted by Gasteiger charge is -2.39. The van der Waals surface area contributed by atoms with Gasteiger partial charge in [0.1, 0.15) is 30.7 Å². The normalized spacial score (nSPS) is 31.6. The van der Waals surface area contributed by atoms with Crippen LogP contribution in [0.3, 0.4) is 0 Å². The predicted molar refractivity (Wildman–Crippen MR) is 72.8 cm³/mol. The quantitative estimate of drug-likeness (QED) is 0.493. The van der Waals surface area contributed by atoms with E-state index in [0.29, 0.717) is 11.8 Å². The Morgan fingerprint density at radius 2 is 1.91 bits per heavy atom. The number of carbonyl (C=O) groups is 1. The van der Waals surface area contributed by atoms with E-state index >= 15 is 0 Å². The van der Waals surface area contributed by atoms with Gasteiger partial charge in [-0.15, -0.1) is 0 Å². The third-order valence-electron chi connectivity index (χ3n) is 3.42. The summed E-state index contributed by atoms with van der Waals surface area (Å²) in [4.78, 5) is 10.7. The molecule has 1 fully saturated rings. The van der Waals surface area contributed by atoms with Crippen molar-refractivity contribution in [3.05, 3.63) is 23.8 Å². The molecule has 1 saturated heterocycles. The van der Waals surface area contributed by atoms with Crippen LogP contribution in [0.25, 0.3) is 0 Å². The largest absolute Gasteiger partial charge is 0.493 e. The summed E-state index contributed by atoms with van der Waals surface area (Å²) < 4.78 is 15.8. The fourth-order valence-electron chi connectivity index (χ4n) is 2.14. The van der Waals surface area contributed by atoms with Gasteiger partial charge in [-0.1, -0.05) is 0 Å². The number of methoxy groups -OCH3 is 1. The van der Waals surface area contributed by atoms with Gasteiger partial charge in [0.15, 0.2) is 11.5 Å². The molecule has 5 atom stereocenters. The van der Waals surface area contributed by atoms with Crippen LogP contribution < -0.4 is 9.47 Å². The van der Waals surface area contributed by atoms with Crippen LogP contribution in [0.4, 0.5) is 0 Å². The highest BCUT2D eigenvalue weighted by Gasteiger charge is 2.44. The Balaban J connectivity index is 2.20. The fraction of sp³-hybridized carbons (Fsp3) is 0.500. The molecule has 0 aliphatic carbocycles. The molecule has 8 nitrogen and oxygen atoms in total. The van der Waals surface area contributed by atoms with Crippen molar-refractivity contribution in [3.8, 4) is 11.5 Å². The SMILES string of the molecule is COc1cc(C=O)ccc1O[C@H]1O[C@@H](CO)[C@@H](O)[C@@H](O)[C@H]1O. The fourth-order valence-corrected chi connectivity index (χ4v) is 2.14. The summed E-state index contributed by atoms with van der Waals surface area (Å²) in [5.74, 6) is 0.416. The molecule has 2 rings (SSSR count). The van der Waals surface area contributed by atoms with Crippen LogP contribution in [0.5, 0.6) is 11.5 Å². The van der Waals surface area contributed by atoms with Crippen molar-refractivity contribution in [1.82, 2.24) is 0 Å². The molecule has 0 unspecified atom stereocenters. The van der Waals surface area contributed by atoms with Crippen molar-refractivity contribution in [1.29, 1.82) is 0 Å². The summed E-state index contributed by atoms with van der Waals surface area (Å²) in [6.07, 6.45) is -6.25. The second-order valence-electron chi connectivity index (χ2n) is 4.84. The van der Waals surface area contributed by atoms with Crippen LogP contribution in [0.2, 0.25) is 0 Å². The molecule has 1 aliphatic heterocycles. The van der Waals surface area contributed by atoms with Crippen molar-refractivity contribution in [2.45, 2.75) is 30.7 Å². The zero-order chi connectivity index (χ0) is 16.3. The van der Waals surface area contributed by atoms with Crippen molar-refractivity contribution in [2.24, 2.45) is 0 Å². The Labute approximate surface area is 126 Å². The van der Waals surface area contributed by atoms with Crippen LogP contribution in [-0.4, -0.2) is 71.1 Å². The van der Waals surface area contributed by atoms with E-state index in [1.54, 1.807) is 0 Å². The molecule has 4 N–H and O–H groups in total. The van der Waals surface area contributed by atoms with Gasteiger partial charge in [-0.3, -0.25) is 4.79 Å². The first kappa shape index (κ1) is 16.7. The zero-order valence-corrected chi connectivity index (χ0v) is 11.8. The Bertz CT molecular complexity index is 518. The van der Waals surface area contributed by atoms with E-state index in [1.807, 2.05) is 0 Å². The Morgan fingerprint density at radius 3 is 2.50 bits per heavy atom. The molecule has 0 bridgehead atoms. The molecular weight excluding hydrogens is 296 g/mol. The zero-order valence-electron chi connectivity index (χ0n) is 11.8. The third-order valence-corrected chi connectivity index (χ3v) is 3.42. The molecule has 0 radical (unpaired) electrons. The minimum atomic E-state index is -1.53. The monoisotopic (exact) mass is 314 g/mol. The minimum Gasteiger partial charge on any atom is -0.493 e.